The third kappa shape index (κ3) is 2.69. The van der Waals surface area contributed by atoms with Crippen LogP contribution >= 0.6 is 0 Å². The summed E-state index contributed by atoms with van der Waals surface area (Å²) in [7, 11) is 0. The Morgan fingerprint density at radius 3 is 2.39 bits per heavy atom. The standard InChI is InChI=1S/C14H12F3N5O/c1-7-4-5-10(6-18-7)23-12-9(3)8(2)11-19-20-13(14(15,16)17)22(11)21-12/h4-6H,1-3H3. The van der Waals surface area contributed by atoms with Gasteiger partial charge in [-0.3, -0.25) is 4.98 Å². The predicted octanol–water partition coefficient (Wildman–Crippen LogP) is 3.26. The van der Waals surface area contributed by atoms with Crippen molar-refractivity contribution in [1.82, 2.24) is 24.8 Å². The number of nitrogens with zero attached hydrogens (tertiary/aromatic N) is 5. The Morgan fingerprint density at radius 2 is 1.78 bits per heavy atom. The average Bonchev–Trinajstić information content (AvgIpc) is 2.91. The van der Waals surface area contributed by atoms with E-state index in [4.69, 9.17) is 4.74 Å². The summed E-state index contributed by atoms with van der Waals surface area (Å²) in [5.74, 6) is -0.764. The summed E-state index contributed by atoms with van der Waals surface area (Å²) in [5, 5.41) is 10.7. The summed E-state index contributed by atoms with van der Waals surface area (Å²) < 4.78 is 45.1. The van der Waals surface area contributed by atoms with Crippen molar-refractivity contribution in [3.63, 3.8) is 0 Å². The van der Waals surface area contributed by atoms with Gasteiger partial charge in [-0.15, -0.1) is 15.3 Å². The van der Waals surface area contributed by atoms with Gasteiger partial charge < -0.3 is 4.74 Å². The molecule has 120 valence electrons. The number of ether oxygens (including phenoxy) is 1. The minimum absolute atomic E-state index is 0.0456. The number of hydrogen-bond donors (Lipinski definition) is 0. The second-order valence-electron chi connectivity index (χ2n) is 5.05. The van der Waals surface area contributed by atoms with Crippen LogP contribution in [0.3, 0.4) is 0 Å². The molecule has 0 saturated heterocycles. The zero-order valence-corrected chi connectivity index (χ0v) is 12.5. The monoisotopic (exact) mass is 323 g/mol. The number of aryl methyl sites for hydroxylation is 2. The van der Waals surface area contributed by atoms with Gasteiger partial charge in [0.2, 0.25) is 5.88 Å². The van der Waals surface area contributed by atoms with Gasteiger partial charge in [-0.25, -0.2) is 0 Å². The zero-order chi connectivity index (χ0) is 16.8. The second-order valence-corrected chi connectivity index (χ2v) is 5.05. The molecule has 0 spiro atoms. The first-order valence-electron chi connectivity index (χ1n) is 6.67. The van der Waals surface area contributed by atoms with Crippen molar-refractivity contribution in [3.8, 4) is 11.6 Å². The number of alkyl halides is 3. The fraction of sp³-hybridized carbons (Fsp3) is 0.286. The van der Waals surface area contributed by atoms with E-state index in [-0.39, 0.29) is 11.5 Å². The van der Waals surface area contributed by atoms with E-state index in [0.717, 1.165) is 5.69 Å². The lowest BCUT2D eigenvalue weighted by Crippen LogP contribution is -2.13. The molecule has 0 saturated carbocycles. The normalized spacial score (nSPS) is 11.9. The van der Waals surface area contributed by atoms with E-state index in [9.17, 15) is 13.2 Å². The Labute approximate surface area is 128 Å². The molecule has 0 radical (unpaired) electrons. The first-order chi connectivity index (χ1) is 10.8. The fourth-order valence-corrected chi connectivity index (χ4v) is 2.00. The molecule has 23 heavy (non-hydrogen) atoms. The first-order valence-corrected chi connectivity index (χ1v) is 6.67. The smallest absolute Gasteiger partial charge is 0.436 e. The van der Waals surface area contributed by atoms with Crippen LogP contribution in [0.25, 0.3) is 5.65 Å². The van der Waals surface area contributed by atoms with Crippen LogP contribution in [0.5, 0.6) is 11.6 Å². The van der Waals surface area contributed by atoms with Crippen molar-refractivity contribution in [1.29, 1.82) is 0 Å². The lowest BCUT2D eigenvalue weighted by Gasteiger charge is -2.11. The number of hydrogen-bond acceptors (Lipinski definition) is 5. The highest BCUT2D eigenvalue weighted by Crippen LogP contribution is 2.31. The van der Waals surface area contributed by atoms with E-state index in [1.54, 1.807) is 26.0 Å². The molecule has 0 aliphatic carbocycles. The van der Waals surface area contributed by atoms with E-state index in [1.165, 1.54) is 6.20 Å². The Bertz CT molecular complexity index is 871. The van der Waals surface area contributed by atoms with Gasteiger partial charge in [0.05, 0.1) is 6.20 Å². The molecule has 9 heteroatoms. The average molecular weight is 323 g/mol. The van der Waals surface area contributed by atoms with Gasteiger partial charge in [0.1, 0.15) is 5.75 Å². The topological polar surface area (TPSA) is 65.2 Å². The molecule has 6 nitrogen and oxygen atoms in total. The molecule has 0 fully saturated rings. The maximum absolute atomic E-state index is 13.0. The van der Waals surface area contributed by atoms with Crippen molar-refractivity contribution in [3.05, 3.63) is 41.0 Å². The van der Waals surface area contributed by atoms with Gasteiger partial charge in [0.15, 0.2) is 5.65 Å². The van der Waals surface area contributed by atoms with E-state index >= 15 is 0 Å². The van der Waals surface area contributed by atoms with Crippen LogP contribution in [0.4, 0.5) is 13.2 Å². The number of rotatable bonds is 2. The van der Waals surface area contributed by atoms with Gasteiger partial charge in [-0.2, -0.15) is 17.7 Å². The molecule has 0 aliphatic heterocycles. The molecular weight excluding hydrogens is 311 g/mol. The molecule has 3 aromatic rings. The van der Waals surface area contributed by atoms with Crippen LogP contribution in [0.1, 0.15) is 22.6 Å². The summed E-state index contributed by atoms with van der Waals surface area (Å²) in [6.45, 7) is 5.15. The Kier molecular flexibility index (Phi) is 3.42. The van der Waals surface area contributed by atoms with Crippen LogP contribution in [-0.4, -0.2) is 24.8 Å². The Morgan fingerprint density at radius 1 is 1.04 bits per heavy atom. The molecule has 3 aromatic heterocycles. The molecule has 0 bridgehead atoms. The summed E-state index contributed by atoms with van der Waals surface area (Å²) >= 11 is 0. The molecule has 0 atom stereocenters. The van der Waals surface area contributed by atoms with Crippen molar-refractivity contribution in [2.75, 3.05) is 0 Å². The molecule has 0 amide bonds. The maximum atomic E-state index is 13.0. The predicted molar refractivity (Wildman–Crippen MR) is 74.3 cm³/mol. The number of pyridine rings is 1. The third-order valence-corrected chi connectivity index (χ3v) is 3.40. The zero-order valence-electron chi connectivity index (χ0n) is 12.5. The summed E-state index contributed by atoms with van der Waals surface area (Å²) in [6.07, 6.45) is -3.18. The van der Waals surface area contributed by atoms with Crippen LogP contribution in [0.15, 0.2) is 18.3 Å². The second kappa shape index (κ2) is 5.18. The van der Waals surface area contributed by atoms with Crippen LogP contribution in [0.2, 0.25) is 0 Å². The van der Waals surface area contributed by atoms with Crippen LogP contribution in [0, 0.1) is 20.8 Å². The van der Waals surface area contributed by atoms with E-state index in [1.807, 2.05) is 6.92 Å². The van der Waals surface area contributed by atoms with Gasteiger partial charge in [0, 0.05) is 16.8 Å². The molecule has 0 aromatic carbocycles. The van der Waals surface area contributed by atoms with Gasteiger partial charge in [-0.05, 0) is 32.9 Å². The lowest BCUT2D eigenvalue weighted by molar-refractivity contribution is -0.146. The van der Waals surface area contributed by atoms with Crippen molar-refractivity contribution >= 4 is 5.65 Å². The Balaban J connectivity index is 2.13. The summed E-state index contributed by atoms with van der Waals surface area (Å²) in [6, 6.07) is 3.40. The quantitative estimate of drug-likeness (QED) is 0.724. The highest BCUT2D eigenvalue weighted by molar-refractivity contribution is 5.52. The molecule has 3 rings (SSSR count). The highest BCUT2D eigenvalue weighted by atomic mass is 19.4. The third-order valence-electron chi connectivity index (χ3n) is 3.40. The Hall–Kier alpha value is -2.71. The maximum Gasteiger partial charge on any atom is 0.453 e. The number of halogens is 3. The summed E-state index contributed by atoms with van der Waals surface area (Å²) in [5.41, 5.74) is 1.94. The minimum atomic E-state index is -4.66. The minimum Gasteiger partial charge on any atom is -0.436 e. The molecule has 0 aliphatic rings. The fourth-order valence-electron chi connectivity index (χ4n) is 2.00. The van der Waals surface area contributed by atoms with Crippen molar-refractivity contribution in [2.45, 2.75) is 26.9 Å². The van der Waals surface area contributed by atoms with Gasteiger partial charge in [0.25, 0.3) is 5.82 Å². The largest absolute Gasteiger partial charge is 0.453 e. The van der Waals surface area contributed by atoms with E-state index in [2.05, 4.69) is 20.3 Å². The van der Waals surface area contributed by atoms with Gasteiger partial charge in [-0.1, -0.05) is 0 Å². The highest BCUT2D eigenvalue weighted by Gasteiger charge is 2.38. The number of aromatic nitrogens is 5. The van der Waals surface area contributed by atoms with E-state index < -0.39 is 12.0 Å². The lowest BCUT2D eigenvalue weighted by atomic mass is 10.2. The number of fused-ring (bicyclic) bond motifs is 1. The molecule has 3 heterocycles. The van der Waals surface area contributed by atoms with E-state index in [0.29, 0.717) is 21.4 Å². The van der Waals surface area contributed by atoms with Crippen molar-refractivity contribution in [2.24, 2.45) is 0 Å². The molecule has 0 unspecified atom stereocenters. The first kappa shape index (κ1) is 15.2. The van der Waals surface area contributed by atoms with Crippen LogP contribution in [-0.2, 0) is 6.18 Å². The summed E-state index contributed by atoms with van der Waals surface area (Å²) in [4.78, 5) is 4.07. The van der Waals surface area contributed by atoms with Crippen molar-refractivity contribution < 1.29 is 17.9 Å². The van der Waals surface area contributed by atoms with Crippen LogP contribution < -0.4 is 4.74 Å². The molecule has 0 N–H and O–H groups in total. The van der Waals surface area contributed by atoms with Gasteiger partial charge >= 0.3 is 6.18 Å². The molecular formula is C14H12F3N5O. The SMILES string of the molecule is Cc1ccc(Oc2nn3c(C(F)(F)F)nnc3c(C)c2C)cn1.